The molecule has 1 heterocycles. The number of nitrogens with one attached hydrogen (secondary N) is 1. The molecule has 0 aliphatic carbocycles. The van der Waals surface area contributed by atoms with Crippen molar-refractivity contribution < 1.29 is 23.8 Å². The summed E-state index contributed by atoms with van der Waals surface area (Å²) < 4.78 is 18.5. The predicted octanol–water partition coefficient (Wildman–Crippen LogP) is 2.27. The highest BCUT2D eigenvalue weighted by Crippen LogP contribution is 2.26. The molecule has 0 spiro atoms. The molecule has 6 nitrogen and oxygen atoms in total. The van der Waals surface area contributed by atoms with Crippen LogP contribution in [0.25, 0.3) is 0 Å². The lowest BCUT2D eigenvalue weighted by molar-refractivity contribution is -0.154. The highest BCUT2D eigenvalue weighted by molar-refractivity contribution is 6.30. The van der Waals surface area contributed by atoms with Crippen LogP contribution in [0, 0.1) is 5.82 Å². The lowest BCUT2D eigenvalue weighted by atomic mass is 10.0. The number of nitrogens with zero attached hydrogens (tertiary/aromatic N) is 1. The summed E-state index contributed by atoms with van der Waals surface area (Å²) in [7, 11) is 1.56. The van der Waals surface area contributed by atoms with E-state index in [-0.39, 0.29) is 31.1 Å². The van der Waals surface area contributed by atoms with Gasteiger partial charge in [0.25, 0.3) is 11.8 Å². The van der Waals surface area contributed by atoms with Crippen molar-refractivity contribution in [3.05, 3.63) is 64.4 Å². The van der Waals surface area contributed by atoms with E-state index in [1.807, 2.05) is 12.1 Å². The van der Waals surface area contributed by atoms with E-state index in [0.29, 0.717) is 11.3 Å². The van der Waals surface area contributed by atoms with E-state index in [0.717, 1.165) is 11.6 Å². The third-order valence-electron chi connectivity index (χ3n) is 4.67. The number of aliphatic hydroxyl groups is 1. The van der Waals surface area contributed by atoms with E-state index in [9.17, 15) is 19.1 Å². The molecule has 2 aromatic carbocycles. The zero-order valence-corrected chi connectivity index (χ0v) is 16.0. The van der Waals surface area contributed by atoms with Crippen molar-refractivity contribution in [1.29, 1.82) is 0 Å². The molecule has 0 saturated carbocycles. The summed E-state index contributed by atoms with van der Waals surface area (Å²) in [6.07, 6.45) is -0.0161. The Labute approximate surface area is 166 Å². The molecule has 28 heavy (non-hydrogen) atoms. The molecule has 8 heteroatoms. The first kappa shape index (κ1) is 20.1. The summed E-state index contributed by atoms with van der Waals surface area (Å²) in [5, 5.41) is 13.3. The average molecular weight is 407 g/mol. The van der Waals surface area contributed by atoms with Gasteiger partial charge in [0.15, 0.2) is 0 Å². The monoisotopic (exact) mass is 406 g/mol. The summed E-state index contributed by atoms with van der Waals surface area (Å²) in [6, 6.07) is 11.1. The molecule has 148 valence electrons. The van der Waals surface area contributed by atoms with Crippen molar-refractivity contribution in [2.75, 3.05) is 13.7 Å². The van der Waals surface area contributed by atoms with Crippen LogP contribution >= 0.6 is 11.6 Å². The number of rotatable bonds is 6. The van der Waals surface area contributed by atoms with Crippen LogP contribution in [0.1, 0.15) is 17.5 Å². The van der Waals surface area contributed by atoms with E-state index >= 15 is 0 Å². The number of benzene rings is 2. The van der Waals surface area contributed by atoms with Crippen LogP contribution in [-0.2, 0) is 22.7 Å². The van der Waals surface area contributed by atoms with Crippen molar-refractivity contribution in [1.82, 2.24) is 10.2 Å². The second-order valence-corrected chi connectivity index (χ2v) is 7.08. The number of hydrogen-bond acceptors (Lipinski definition) is 4. The average Bonchev–Trinajstić information content (AvgIpc) is 2.95. The molecular weight excluding hydrogens is 387 g/mol. The van der Waals surface area contributed by atoms with Gasteiger partial charge in [-0.05, 0) is 41.5 Å². The minimum Gasteiger partial charge on any atom is -0.497 e. The SMILES string of the molecule is COc1ccc(CN2CCC(O)(C(=O)NCc3cc(F)cc(Cl)c3)C2=O)cc1. The van der Waals surface area contributed by atoms with Gasteiger partial charge in [-0.3, -0.25) is 9.59 Å². The number of carbonyl (C=O) groups excluding carboxylic acids is 2. The van der Waals surface area contributed by atoms with Crippen molar-refractivity contribution in [2.45, 2.75) is 25.1 Å². The molecule has 2 aromatic rings. The Morgan fingerprint density at radius 2 is 2.00 bits per heavy atom. The number of amides is 2. The maximum absolute atomic E-state index is 13.4. The summed E-state index contributed by atoms with van der Waals surface area (Å²) >= 11 is 5.79. The molecule has 1 aliphatic heterocycles. The predicted molar refractivity (Wildman–Crippen MR) is 101 cm³/mol. The van der Waals surface area contributed by atoms with Crippen molar-refractivity contribution >= 4 is 23.4 Å². The lowest BCUT2D eigenvalue weighted by Crippen LogP contribution is -2.52. The van der Waals surface area contributed by atoms with Crippen molar-refractivity contribution in [3.63, 3.8) is 0 Å². The van der Waals surface area contributed by atoms with Gasteiger partial charge in [-0.1, -0.05) is 23.7 Å². The van der Waals surface area contributed by atoms with E-state index in [2.05, 4.69) is 5.32 Å². The van der Waals surface area contributed by atoms with Gasteiger partial charge < -0.3 is 20.1 Å². The first-order valence-corrected chi connectivity index (χ1v) is 9.07. The van der Waals surface area contributed by atoms with Gasteiger partial charge in [0.1, 0.15) is 11.6 Å². The second kappa shape index (κ2) is 8.16. The maximum atomic E-state index is 13.4. The molecular formula is C20H20ClFN2O4. The molecule has 2 amide bonds. The van der Waals surface area contributed by atoms with Gasteiger partial charge in [-0.25, -0.2) is 4.39 Å². The van der Waals surface area contributed by atoms with Crippen LogP contribution in [0.5, 0.6) is 5.75 Å². The number of ether oxygens (including phenoxy) is 1. The Balaban J connectivity index is 1.62. The van der Waals surface area contributed by atoms with Crippen LogP contribution in [-0.4, -0.2) is 41.1 Å². The van der Waals surface area contributed by atoms with Gasteiger partial charge in [-0.2, -0.15) is 0 Å². The number of halogens is 2. The van der Waals surface area contributed by atoms with Crippen LogP contribution in [0.4, 0.5) is 4.39 Å². The first-order chi connectivity index (χ1) is 13.3. The molecule has 1 aliphatic rings. The maximum Gasteiger partial charge on any atom is 0.264 e. The molecule has 0 bridgehead atoms. The number of carbonyl (C=O) groups is 2. The Hall–Kier alpha value is -2.64. The molecule has 1 unspecified atom stereocenters. The van der Waals surface area contributed by atoms with Crippen LogP contribution in [0.3, 0.4) is 0 Å². The molecule has 2 N–H and O–H groups in total. The molecule has 1 saturated heterocycles. The van der Waals surface area contributed by atoms with Crippen molar-refractivity contribution in [3.8, 4) is 5.75 Å². The second-order valence-electron chi connectivity index (χ2n) is 6.65. The fraction of sp³-hybridized carbons (Fsp3) is 0.300. The highest BCUT2D eigenvalue weighted by Gasteiger charge is 2.51. The van der Waals surface area contributed by atoms with E-state index in [4.69, 9.17) is 16.3 Å². The van der Waals surface area contributed by atoms with Crippen LogP contribution in [0.2, 0.25) is 5.02 Å². The zero-order chi connectivity index (χ0) is 20.3. The topological polar surface area (TPSA) is 78.9 Å². The van der Waals surface area contributed by atoms with E-state index in [1.54, 1.807) is 19.2 Å². The molecule has 0 radical (unpaired) electrons. The molecule has 1 fully saturated rings. The summed E-state index contributed by atoms with van der Waals surface area (Å²) in [4.78, 5) is 26.5. The largest absolute Gasteiger partial charge is 0.497 e. The van der Waals surface area contributed by atoms with Gasteiger partial charge in [0, 0.05) is 31.1 Å². The smallest absolute Gasteiger partial charge is 0.264 e. The van der Waals surface area contributed by atoms with Gasteiger partial charge >= 0.3 is 0 Å². The highest BCUT2D eigenvalue weighted by atomic mass is 35.5. The number of hydrogen-bond donors (Lipinski definition) is 2. The van der Waals surface area contributed by atoms with Crippen LogP contribution in [0.15, 0.2) is 42.5 Å². The third kappa shape index (κ3) is 4.26. The lowest BCUT2D eigenvalue weighted by Gasteiger charge is -2.22. The van der Waals surface area contributed by atoms with Gasteiger partial charge in [0.2, 0.25) is 5.60 Å². The number of methoxy groups -OCH3 is 1. The van der Waals surface area contributed by atoms with E-state index in [1.165, 1.54) is 17.0 Å². The first-order valence-electron chi connectivity index (χ1n) is 8.70. The summed E-state index contributed by atoms with van der Waals surface area (Å²) in [6.45, 7) is 0.475. The standard InChI is InChI=1S/C20H20ClFN2O4/c1-28-17-4-2-13(3-5-17)12-24-7-6-20(27,19(24)26)18(25)23-11-14-8-15(21)10-16(22)9-14/h2-5,8-10,27H,6-7,11-12H2,1H3,(H,23,25). The number of likely N-dealkylation sites (tertiary alicyclic amines) is 1. The summed E-state index contributed by atoms with van der Waals surface area (Å²) in [5.41, 5.74) is -0.848. The van der Waals surface area contributed by atoms with E-state index < -0.39 is 23.2 Å². The third-order valence-corrected chi connectivity index (χ3v) is 4.89. The Morgan fingerprint density at radius 3 is 2.64 bits per heavy atom. The molecule has 0 aromatic heterocycles. The van der Waals surface area contributed by atoms with Gasteiger partial charge in [0.05, 0.1) is 7.11 Å². The van der Waals surface area contributed by atoms with Gasteiger partial charge in [-0.15, -0.1) is 0 Å². The Morgan fingerprint density at radius 1 is 1.29 bits per heavy atom. The molecule has 3 rings (SSSR count). The fourth-order valence-electron chi connectivity index (χ4n) is 3.12. The Bertz CT molecular complexity index is 870. The summed E-state index contributed by atoms with van der Waals surface area (Å²) in [5.74, 6) is -1.30. The zero-order valence-electron chi connectivity index (χ0n) is 15.2. The minimum atomic E-state index is -2.14. The Kier molecular flexibility index (Phi) is 5.86. The normalized spacial score (nSPS) is 19.0. The molecule has 1 atom stereocenters. The van der Waals surface area contributed by atoms with Crippen molar-refractivity contribution in [2.24, 2.45) is 0 Å². The fourth-order valence-corrected chi connectivity index (χ4v) is 3.37. The quantitative estimate of drug-likeness (QED) is 0.721. The van der Waals surface area contributed by atoms with Crippen LogP contribution < -0.4 is 10.1 Å². The minimum absolute atomic E-state index is 0.0161.